The van der Waals surface area contributed by atoms with Crippen molar-refractivity contribution in [2.75, 3.05) is 12.0 Å². The van der Waals surface area contributed by atoms with Gasteiger partial charge in [-0.2, -0.15) is 0 Å². The lowest BCUT2D eigenvalue weighted by atomic mass is 9.95. The number of hydrogen-bond donors (Lipinski definition) is 1. The van der Waals surface area contributed by atoms with Crippen LogP contribution in [-0.2, 0) is 15.3 Å². The summed E-state index contributed by atoms with van der Waals surface area (Å²) >= 11 is 8.62. The molecule has 1 atom stereocenters. The lowest BCUT2D eigenvalue weighted by Gasteiger charge is -2.22. The van der Waals surface area contributed by atoms with Crippen LogP contribution in [0.15, 0.2) is 83.0 Å². The fourth-order valence-corrected chi connectivity index (χ4v) is 5.86. The minimum absolute atomic E-state index is 0.0463. The Kier molecular flexibility index (Phi) is 7.22. The molecular formula is C26H19ClN4O4S2. The van der Waals surface area contributed by atoms with E-state index in [0.717, 1.165) is 5.56 Å². The molecule has 1 N–H and O–H groups in total. The zero-order valence-corrected chi connectivity index (χ0v) is 21.8. The standard InChI is InChI=1S/C26H19ClN4O4S2/c1-35-19-4-2-3-17(13-19)21-20(22(32)16-9-11-28-12-10-16)23(33)24(34)31(21)25-29-30-26(37-25)36-14-15-5-7-18(27)8-6-15/h2-13,21,32H,14H2,1H3. The molecule has 37 heavy (non-hydrogen) atoms. The number of nitrogens with zero attached hydrogens (tertiary/aromatic N) is 4. The van der Waals surface area contributed by atoms with E-state index < -0.39 is 17.7 Å². The number of halogens is 1. The van der Waals surface area contributed by atoms with Gasteiger partial charge in [0, 0.05) is 28.7 Å². The van der Waals surface area contributed by atoms with E-state index in [9.17, 15) is 14.7 Å². The summed E-state index contributed by atoms with van der Waals surface area (Å²) < 4.78 is 5.99. The average Bonchev–Trinajstić information content (AvgIpc) is 3.50. The number of carbonyl (C=O) groups excluding carboxylic acids is 2. The second-order valence-electron chi connectivity index (χ2n) is 7.95. The first-order valence-electron chi connectivity index (χ1n) is 11.0. The molecule has 0 aliphatic carbocycles. The summed E-state index contributed by atoms with van der Waals surface area (Å²) in [5, 5.41) is 20.5. The number of aliphatic hydroxyl groups is 1. The molecule has 11 heteroatoms. The summed E-state index contributed by atoms with van der Waals surface area (Å²) in [6.45, 7) is 0. The highest BCUT2D eigenvalue weighted by molar-refractivity contribution is 8.00. The SMILES string of the molecule is COc1cccc(C2C(=C(O)c3ccncc3)C(=O)C(=O)N2c2nnc(SCc3ccc(Cl)cc3)s2)c1. The number of benzene rings is 2. The van der Waals surface area contributed by atoms with Crippen molar-refractivity contribution in [1.82, 2.24) is 15.2 Å². The maximum atomic E-state index is 13.3. The van der Waals surface area contributed by atoms with Crippen LogP contribution in [0, 0.1) is 0 Å². The van der Waals surface area contributed by atoms with Gasteiger partial charge in [-0.1, -0.05) is 59.0 Å². The third kappa shape index (κ3) is 5.08. The summed E-state index contributed by atoms with van der Waals surface area (Å²) in [6.07, 6.45) is 3.00. The van der Waals surface area contributed by atoms with Gasteiger partial charge in [-0.25, -0.2) is 0 Å². The smallest absolute Gasteiger partial charge is 0.301 e. The van der Waals surface area contributed by atoms with Gasteiger partial charge >= 0.3 is 5.91 Å². The second-order valence-corrected chi connectivity index (χ2v) is 10.6. The average molecular weight is 551 g/mol. The molecule has 1 unspecified atom stereocenters. The number of methoxy groups -OCH3 is 1. The molecule has 1 saturated heterocycles. The van der Waals surface area contributed by atoms with Crippen LogP contribution in [0.3, 0.4) is 0 Å². The Morgan fingerprint density at radius 3 is 2.59 bits per heavy atom. The van der Waals surface area contributed by atoms with Gasteiger partial charge in [-0.3, -0.25) is 19.5 Å². The second kappa shape index (κ2) is 10.7. The zero-order valence-electron chi connectivity index (χ0n) is 19.4. The van der Waals surface area contributed by atoms with Crippen molar-refractivity contribution >= 4 is 57.3 Å². The van der Waals surface area contributed by atoms with Crippen LogP contribution < -0.4 is 9.64 Å². The van der Waals surface area contributed by atoms with E-state index in [1.165, 1.54) is 47.5 Å². The number of carbonyl (C=O) groups is 2. The highest BCUT2D eigenvalue weighted by atomic mass is 35.5. The van der Waals surface area contributed by atoms with Gasteiger partial charge in [0.25, 0.3) is 5.78 Å². The molecular weight excluding hydrogens is 532 g/mol. The molecule has 3 heterocycles. The molecule has 1 fully saturated rings. The largest absolute Gasteiger partial charge is 0.507 e. The monoisotopic (exact) mass is 550 g/mol. The number of thioether (sulfide) groups is 1. The number of rotatable bonds is 7. The molecule has 1 aliphatic heterocycles. The third-order valence-corrected chi connectivity index (χ3v) is 8.06. The fourth-order valence-electron chi connectivity index (χ4n) is 3.91. The minimum Gasteiger partial charge on any atom is -0.507 e. The summed E-state index contributed by atoms with van der Waals surface area (Å²) in [5.74, 6) is -0.727. The van der Waals surface area contributed by atoms with E-state index in [0.29, 0.717) is 32.0 Å². The Balaban J connectivity index is 1.54. The van der Waals surface area contributed by atoms with Crippen LogP contribution in [0.5, 0.6) is 5.75 Å². The number of hydrogen-bond acceptors (Lipinski definition) is 9. The fraction of sp³-hybridized carbons (Fsp3) is 0.115. The van der Waals surface area contributed by atoms with Gasteiger partial charge in [0.1, 0.15) is 11.5 Å². The number of aliphatic hydroxyl groups excluding tert-OH is 1. The van der Waals surface area contributed by atoms with E-state index in [1.807, 2.05) is 24.3 Å². The van der Waals surface area contributed by atoms with Crippen molar-refractivity contribution in [2.45, 2.75) is 16.1 Å². The summed E-state index contributed by atoms with van der Waals surface area (Å²) in [6, 6.07) is 16.7. The predicted octanol–water partition coefficient (Wildman–Crippen LogP) is 5.51. The quantitative estimate of drug-likeness (QED) is 0.105. The normalized spacial score (nSPS) is 16.8. The molecule has 5 rings (SSSR count). The summed E-state index contributed by atoms with van der Waals surface area (Å²) in [5.41, 5.74) is 1.97. The lowest BCUT2D eigenvalue weighted by molar-refractivity contribution is -0.132. The van der Waals surface area contributed by atoms with Crippen molar-refractivity contribution in [3.05, 3.63) is 100 Å². The van der Waals surface area contributed by atoms with Gasteiger partial charge in [-0.15, -0.1) is 10.2 Å². The lowest BCUT2D eigenvalue weighted by Crippen LogP contribution is -2.29. The molecule has 186 valence electrons. The number of amides is 1. The minimum atomic E-state index is -0.926. The molecule has 0 saturated carbocycles. The molecule has 8 nitrogen and oxygen atoms in total. The highest BCUT2D eigenvalue weighted by Crippen LogP contribution is 2.44. The first-order valence-corrected chi connectivity index (χ1v) is 13.2. The zero-order chi connectivity index (χ0) is 25.9. The van der Waals surface area contributed by atoms with Crippen molar-refractivity contribution in [2.24, 2.45) is 0 Å². The first-order chi connectivity index (χ1) is 18.0. The van der Waals surface area contributed by atoms with Crippen molar-refractivity contribution < 1.29 is 19.4 Å². The summed E-state index contributed by atoms with van der Waals surface area (Å²) in [7, 11) is 1.53. The van der Waals surface area contributed by atoms with Gasteiger partial charge < -0.3 is 9.84 Å². The topological polar surface area (TPSA) is 106 Å². The molecule has 4 aromatic rings. The molecule has 1 aliphatic rings. The number of Topliss-reactive ketones (excluding diaryl/α,β-unsaturated/α-hetero) is 1. The van der Waals surface area contributed by atoms with E-state index in [1.54, 1.807) is 36.4 Å². The van der Waals surface area contributed by atoms with Crippen molar-refractivity contribution in [1.29, 1.82) is 0 Å². The number of anilines is 1. The molecule has 0 bridgehead atoms. The van der Waals surface area contributed by atoms with Crippen LogP contribution in [-0.4, -0.2) is 39.1 Å². The van der Waals surface area contributed by atoms with Gasteiger partial charge in [0.05, 0.1) is 18.7 Å². The van der Waals surface area contributed by atoms with Gasteiger partial charge in [0.2, 0.25) is 5.13 Å². The van der Waals surface area contributed by atoms with Crippen LogP contribution in [0.4, 0.5) is 5.13 Å². The van der Waals surface area contributed by atoms with Gasteiger partial charge in [0.15, 0.2) is 4.34 Å². The van der Waals surface area contributed by atoms with E-state index in [4.69, 9.17) is 16.3 Å². The highest BCUT2D eigenvalue weighted by Gasteiger charge is 2.48. The Bertz CT molecular complexity index is 1490. The Morgan fingerprint density at radius 1 is 1.11 bits per heavy atom. The molecule has 0 spiro atoms. The maximum Gasteiger partial charge on any atom is 0.301 e. The number of aromatic nitrogens is 3. The summed E-state index contributed by atoms with van der Waals surface area (Å²) in [4.78, 5) is 31.8. The molecule has 0 radical (unpaired) electrons. The molecule has 2 aromatic heterocycles. The van der Waals surface area contributed by atoms with Gasteiger partial charge in [-0.05, 0) is 47.5 Å². The van der Waals surface area contributed by atoms with Crippen LogP contribution in [0.25, 0.3) is 5.76 Å². The van der Waals surface area contributed by atoms with Crippen molar-refractivity contribution in [3.8, 4) is 5.75 Å². The Hall–Kier alpha value is -3.73. The Labute approximate surface area is 225 Å². The van der Waals surface area contributed by atoms with E-state index >= 15 is 0 Å². The first kappa shape index (κ1) is 24.9. The van der Waals surface area contributed by atoms with Crippen LogP contribution in [0.1, 0.15) is 22.7 Å². The third-order valence-electron chi connectivity index (χ3n) is 5.69. The predicted molar refractivity (Wildman–Crippen MR) is 143 cm³/mol. The van der Waals surface area contributed by atoms with E-state index in [-0.39, 0.29) is 16.5 Å². The van der Waals surface area contributed by atoms with Crippen LogP contribution in [0.2, 0.25) is 5.02 Å². The maximum absolute atomic E-state index is 13.3. The number of ketones is 1. The van der Waals surface area contributed by atoms with Crippen molar-refractivity contribution in [3.63, 3.8) is 0 Å². The van der Waals surface area contributed by atoms with E-state index in [2.05, 4.69) is 15.2 Å². The molecule has 2 aromatic carbocycles. The van der Waals surface area contributed by atoms with Crippen LogP contribution >= 0.6 is 34.7 Å². The number of pyridine rings is 1. The Morgan fingerprint density at radius 2 is 1.86 bits per heavy atom. The number of ether oxygens (including phenoxy) is 1. The molecule has 1 amide bonds.